The predicted molar refractivity (Wildman–Crippen MR) is 40.8 cm³/mol. The fraction of sp³-hybridized carbons (Fsp3) is 0.125. The summed E-state index contributed by atoms with van der Waals surface area (Å²) in [7, 11) is 0. The summed E-state index contributed by atoms with van der Waals surface area (Å²) in [6, 6.07) is 3.42. The lowest BCUT2D eigenvalue weighted by Crippen LogP contribution is -1.98. The van der Waals surface area contributed by atoms with Crippen molar-refractivity contribution in [2.45, 2.75) is 6.92 Å². The number of hydrogen-bond donors (Lipinski definition) is 1. The highest BCUT2D eigenvalue weighted by molar-refractivity contribution is 5.61. The van der Waals surface area contributed by atoms with E-state index >= 15 is 0 Å². The van der Waals surface area contributed by atoms with E-state index in [0.717, 1.165) is 15.9 Å². The second kappa shape index (κ2) is 1.99. The van der Waals surface area contributed by atoms with Gasteiger partial charge in [-0.15, -0.1) is 0 Å². The maximum absolute atomic E-state index is 9.28. The van der Waals surface area contributed by atoms with Gasteiger partial charge in [0.1, 0.15) is 0 Å². The van der Waals surface area contributed by atoms with Crippen molar-refractivity contribution in [2.75, 3.05) is 0 Å². The quantitative estimate of drug-likeness (QED) is 0.578. The van der Waals surface area contributed by atoms with Gasteiger partial charge in [-0.05, 0) is 24.6 Å². The molecule has 3 nitrogen and oxygen atoms in total. The van der Waals surface area contributed by atoms with Crippen molar-refractivity contribution < 1.29 is 6.58 Å². The minimum atomic E-state index is 0.183. The molecule has 1 N–H and O–H groups in total. The van der Waals surface area contributed by atoms with E-state index in [9.17, 15) is 5.21 Å². The zero-order valence-corrected chi connectivity index (χ0v) is 6.07. The fourth-order valence-electron chi connectivity index (χ4n) is 1.09. The third kappa shape index (κ3) is 0.774. The van der Waals surface area contributed by atoms with Crippen LogP contribution in [0.5, 0.6) is 0 Å². The van der Waals surface area contributed by atoms with Crippen LogP contribution in [0.1, 0.15) is 6.93 Å². The summed E-state index contributed by atoms with van der Waals surface area (Å²) in [6.45, 7) is 1.92. The van der Waals surface area contributed by atoms with Crippen LogP contribution in [0.3, 0.4) is 0 Å². The molecule has 2 aliphatic rings. The second-order valence-electron chi connectivity index (χ2n) is 2.47. The minimum absolute atomic E-state index is 0.183. The Morgan fingerprint density at radius 1 is 1.64 bits per heavy atom. The molecule has 0 bridgehead atoms. The highest BCUT2D eigenvalue weighted by atomic mass is 16.5. The molecule has 0 aromatic carbocycles. The summed E-state index contributed by atoms with van der Waals surface area (Å²) >= 11 is 0. The molecule has 2 heterocycles. The molecule has 0 amide bonds. The Balaban J connectivity index is 2.82. The molecule has 0 fully saturated rings. The average molecular weight is 150 g/mol. The van der Waals surface area contributed by atoms with E-state index in [1.807, 2.05) is 6.92 Å². The maximum Gasteiger partial charge on any atom is 0.175 e. The number of fused-ring (bicyclic) bond motifs is 1. The van der Waals surface area contributed by atoms with Crippen LogP contribution >= 0.6 is 0 Å². The normalized spacial score (nSPS) is 11.9. The molecule has 0 saturated heterocycles. The Morgan fingerprint density at radius 3 is 3.18 bits per heavy atom. The third-order valence-corrected chi connectivity index (χ3v) is 1.73. The number of rotatable bonds is 0. The van der Waals surface area contributed by atoms with Crippen molar-refractivity contribution in [3.63, 3.8) is 0 Å². The molecule has 3 heteroatoms. The summed E-state index contributed by atoms with van der Waals surface area (Å²) < 4.78 is 8.21. The Morgan fingerprint density at radius 2 is 2.45 bits per heavy atom. The van der Waals surface area contributed by atoms with Crippen LogP contribution < -0.4 is 0 Å². The summed E-state index contributed by atoms with van der Waals surface area (Å²) in [5.74, 6) is 0.444. The molecule has 0 radical (unpaired) electrons. The Hall–Kier alpha value is -1.51. The average Bonchev–Trinajstić information content (AvgIpc) is 2.41. The van der Waals surface area contributed by atoms with Crippen molar-refractivity contribution in [3.8, 4) is 11.4 Å². The zero-order chi connectivity index (χ0) is 8.72. The molecule has 0 aromatic heterocycles. The molecule has 0 saturated carbocycles. The summed E-state index contributed by atoms with van der Waals surface area (Å²) in [5, 5.41) is 9.28. The van der Waals surface area contributed by atoms with E-state index in [2.05, 4.69) is 4.98 Å². The van der Waals surface area contributed by atoms with E-state index < -0.39 is 0 Å². The molecule has 56 valence electrons. The van der Waals surface area contributed by atoms with E-state index in [4.69, 9.17) is 1.37 Å². The lowest BCUT2D eigenvalue weighted by molar-refractivity contribution is 0.186. The Kier molecular flexibility index (Phi) is 0.935. The molecular weight excluding hydrogens is 140 g/mol. The van der Waals surface area contributed by atoms with Crippen molar-refractivity contribution in [3.05, 3.63) is 30.1 Å². The lowest BCUT2D eigenvalue weighted by atomic mass is 10.1. The smallest absolute Gasteiger partial charge is 0.175 e. The minimum Gasteiger partial charge on any atom is -0.427 e. The highest BCUT2D eigenvalue weighted by Gasteiger charge is 2.08. The van der Waals surface area contributed by atoms with Gasteiger partial charge < -0.3 is 5.21 Å². The van der Waals surface area contributed by atoms with Crippen LogP contribution in [-0.2, 0) is 0 Å². The Bertz CT molecular complexity index is 361. The third-order valence-electron chi connectivity index (χ3n) is 1.73. The topological polar surface area (TPSA) is 38.0 Å². The van der Waals surface area contributed by atoms with Gasteiger partial charge in [-0.1, -0.05) is 0 Å². The molecule has 2 rings (SSSR count). The predicted octanol–water partition coefficient (Wildman–Crippen LogP) is 1.53. The van der Waals surface area contributed by atoms with Crippen molar-refractivity contribution in [2.24, 2.45) is 0 Å². The largest absolute Gasteiger partial charge is 0.427 e. The maximum atomic E-state index is 9.28. The molecule has 2 aliphatic heterocycles. The first-order valence-corrected chi connectivity index (χ1v) is 3.33. The number of aromatic nitrogens is 2. The van der Waals surface area contributed by atoms with E-state index in [1.54, 1.807) is 12.1 Å². The molecular formula is C8H8N2O. The highest BCUT2D eigenvalue weighted by Crippen LogP contribution is 2.22. The molecule has 0 unspecified atom stereocenters. The molecule has 0 spiro atoms. The van der Waals surface area contributed by atoms with Crippen LogP contribution in [0.15, 0.2) is 24.5 Å². The standard InChI is InChI=1S/C8H8N2O/c1-6-3-5-10(11)8-7(6)2-4-9-8/h2-5,11H,1H3/i4T. The van der Waals surface area contributed by atoms with Gasteiger partial charge in [-0.2, -0.15) is 4.73 Å². The summed E-state index contributed by atoms with van der Waals surface area (Å²) in [6.07, 6.45) is 1.70. The number of pyridine rings is 1. The first-order valence-electron chi connectivity index (χ1n) is 3.83. The summed E-state index contributed by atoms with van der Waals surface area (Å²) in [5.41, 5.74) is 1.84. The van der Waals surface area contributed by atoms with E-state index in [-0.39, 0.29) is 6.17 Å². The van der Waals surface area contributed by atoms with Gasteiger partial charge >= 0.3 is 0 Å². The molecule has 11 heavy (non-hydrogen) atoms. The molecule has 0 atom stereocenters. The molecule has 0 aromatic rings. The van der Waals surface area contributed by atoms with E-state index in [0.29, 0.717) is 5.82 Å². The van der Waals surface area contributed by atoms with Crippen molar-refractivity contribution in [1.29, 1.82) is 0 Å². The zero-order valence-electron chi connectivity index (χ0n) is 7.07. The first kappa shape index (κ1) is 5.18. The first-order chi connectivity index (χ1) is 5.68. The van der Waals surface area contributed by atoms with Crippen LogP contribution in [0.25, 0.3) is 11.4 Å². The van der Waals surface area contributed by atoms with Gasteiger partial charge in [0.25, 0.3) is 0 Å². The van der Waals surface area contributed by atoms with Gasteiger partial charge in [0.2, 0.25) is 0 Å². The van der Waals surface area contributed by atoms with Crippen LogP contribution in [0.4, 0.5) is 0 Å². The number of aryl methyl sites for hydroxylation is 1. The number of nitrogens with zero attached hydrogens (tertiary/aromatic N) is 2. The van der Waals surface area contributed by atoms with E-state index in [1.165, 1.54) is 6.20 Å². The van der Waals surface area contributed by atoms with Gasteiger partial charge in [0.15, 0.2) is 5.82 Å². The fourth-order valence-corrected chi connectivity index (χ4v) is 1.09. The lowest BCUT2D eigenvalue weighted by Gasteiger charge is -2.05. The Labute approximate surface area is 65.6 Å². The van der Waals surface area contributed by atoms with Crippen LogP contribution in [-0.4, -0.2) is 14.9 Å². The van der Waals surface area contributed by atoms with Crippen molar-refractivity contribution in [1.82, 2.24) is 9.71 Å². The molecule has 0 aliphatic carbocycles. The second-order valence-corrected chi connectivity index (χ2v) is 2.47. The van der Waals surface area contributed by atoms with Gasteiger partial charge in [0.05, 0.1) is 1.37 Å². The SMILES string of the molecule is [3H]c1cc2c(C)ccn(O)c-2n1. The van der Waals surface area contributed by atoms with Crippen LogP contribution in [0, 0.1) is 6.92 Å². The summed E-state index contributed by atoms with van der Waals surface area (Å²) in [4.78, 5) is 3.85. The monoisotopic (exact) mass is 150 g/mol. The van der Waals surface area contributed by atoms with Gasteiger partial charge in [-0.3, -0.25) is 0 Å². The van der Waals surface area contributed by atoms with Crippen LogP contribution in [0.2, 0.25) is 0 Å². The number of hydrogen-bond acceptors (Lipinski definition) is 2. The van der Waals surface area contributed by atoms with Gasteiger partial charge in [-0.25, -0.2) is 4.98 Å². The van der Waals surface area contributed by atoms with Gasteiger partial charge in [0, 0.05) is 17.9 Å². The van der Waals surface area contributed by atoms with Crippen molar-refractivity contribution >= 4 is 0 Å².